The van der Waals surface area contributed by atoms with Gasteiger partial charge in [0.15, 0.2) is 0 Å². The zero-order valence-corrected chi connectivity index (χ0v) is 13.0. The second-order valence-electron chi connectivity index (χ2n) is 5.54. The molecule has 0 radical (unpaired) electrons. The van der Waals surface area contributed by atoms with Crippen LogP contribution in [0.1, 0.15) is 18.9 Å². The molecule has 1 fully saturated rings. The molecule has 1 aromatic rings. The third-order valence-electron chi connectivity index (χ3n) is 3.96. The van der Waals surface area contributed by atoms with Crippen LogP contribution in [0.3, 0.4) is 0 Å². The number of hydrogen-bond donors (Lipinski definition) is 3. The van der Waals surface area contributed by atoms with Crippen LogP contribution >= 0.6 is 0 Å². The van der Waals surface area contributed by atoms with Crippen LogP contribution in [0.5, 0.6) is 0 Å². The number of pyridine rings is 1. The van der Waals surface area contributed by atoms with E-state index in [1.165, 1.54) is 12.3 Å². The lowest BCUT2D eigenvalue weighted by Gasteiger charge is -2.22. The van der Waals surface area contributed by atoms with Gasteiger partial charge in [-0.25, -0.2) is 4.98 Å². The number of amides is 1. The van der Waals surface area contributed by atoms with E-state index in [2.05, 4.69) is 10.3 Å². The lowest BCUT2D eigenvalue weighted by molar-refractivity contribution is -0.122. The van der Waals surface area contributed by atoms with Gasteiger partial charge in [0.2, 0.25) is 11.9 Å². The van der Waals surface area contributed by atoms with Crippen LogP contribution in [0.4, 0.5) is 4.39 Å². The minimum atomic E-state index is -0.809. The maximum atomic E-state index is 12.7. The first-order valence-electron chi connectivity index (χ1n) is 7.65. The molecule has 2 rings (SSSR count). The summed E-state index contributed by atoms with van der Waals surface area (Å²) in [6.07, 6.45) is 4.62. The highest BCUT2D eigenvalue weighted by Gasteiger charge is 2.40. The Hall–Kier alpha value is -1.83. The van der Waals surface area contributed by atoms with Crippen LogP contribution < -0.4 is 5.32 Å². The van der Waals surface area contributed by atoms with Crippen LogP contribution in [0.2, 0.25) is 0 Å². The summed E-state index contributed by atoms with van der Waals surface area (Å²) in [5, 5.41) is 22.5. The first kappa shape index (κ1) is 17.5. The number of aliphatic hydroxyl groups is 2. The zero-order valence-electron chi connectivity index (χ0n) is 13.0. The molecule has 1 aliphatic heterocycles. The zero-order chi connectivity index (χ0) is 16.8. The third-order valence-corrected chi connectivity index (χ3v) is 3.96. The highest BCUT2D eigenvalue weighted by atomic mass is 19.1. The summed E-state index contributed by atoms with van der Waals surface area (Å²) >= 11 is 0. The van der Waals surface area contributed by atoms with Gasteiger partial charge in [0.05, 0.1) is 24.8 Å². The molecular formula is C16H22FN3O3. The Morgan fingerprint density at radius 3 is 2.96 bits per heavy atom. The Labute approximate surface area is 134 Å². The van der Waals surface area contributed by atoms with Gasteiger partial charge in [0.1, 0.15) is 0 Å². The van der Waals surface area contributed by atoms with Gasteiger partial charge >= 0.3 is 0 Å². The van der Waals surface area contributed by atoms with Crippen molar-refractivity contribution in [2.24, 2.45) is 0 Å². The largest absolute Gasteiger partial charge is 0.395 e. The topological polar surface area (TPSA) is 85.7 Å². The van der Waals surface area contributed by atoms with Crippen molar-refractivity contribution in [2.75, 3.05) is 19.7 Å². The highest BCUT2D eigenvalue weighted by molar-refractivity contribution is 5.76. The van der Waals surface area contributed by atoms with E-state index < -0.39 is 18.1 Å². The first-order chi connectivity index (χ1) is 11.0. The van der Waals surface area contributed by atoms with E-state index >= 15 is 0 Å². The Kier molecular flexibility index (Phi) is 6.20. The van der Waals surface area contributed by atoms with Gasteiger partial charge in [-0.1, -0.05) is 19.1 Å². The molecule has 0 unspecified atom stereocenters. The fourth-order valence-corrected chi connectivity index (χ4v) is 2.66. The van der Waals surface area contributed by atoms with E-state index in [0.29, 0.717) is 19.5 Å². The van der Waals surface area contributed by atoms with Crippen LogP contribution in [-0.2, 0) is 4.79 Å². The second-order valence-corrected chi connectivity index (χ2v) is 5.54. The Bertz CT molecular complexity index is 550. The van der Waals surface area contributed by atoms with E-state index in [1.807, 2.05) is 11.0 Å². The normalized spacial score (nSPS) is 25.1. The summed E-state index contributed by atoms with van der Waals surface area (Å²) in [4.78, 5) is 17.0. The SMILES string of the molecule is CCC(=O)N[C@H]1CN(C/C=C/c2ccc(F)nc2)[C@@H](CO)[C@@H]1O. The van der Waals surface area contributed by atoms with Gasteiger partial charge in [0.25, 0.3) is 0 Å². The molecule has 0 aromatic carbocycles. The Morgan fingerprint density at radius 2 is 2.35 bits per heavy atom. The molecule has 0 bridgehead atoms. The molecule has 6 nitrogen and oxygen atoms in total. The van der Waals surface area contributed by atoms with Crippen LogP contribution in [0, 0.1) is 5.95 Å². The van der Waals surface area contributed by atoms with Crippen molar-refractivity contribution in [3.8, 4) is 0 Å². The van der Waals surface area contributed by atoms with Gasteiger partial charge in [-0.2, -0.15) is 4.39 Å². The van der Waals surface area contributed by atoms with Crippen molar-refractivity contribution in [1.29, 1.82) is 0 Å². The van der Waals surface area contributed by atoms with E-state index in [4.69, 9.17) is 0 Å². The maximum absolute atomic E-state index is 12.7. The lowest BCUT2D eigenvalue weighted by Crippen LogP contribution is -2.45. The van der Waals surface area contributed by atoms with E-state index in [0.717, 1.165) is 5.56 Å². The number of carbonyl (C=O) groups excluding carboxylic acids is 1. The van der Waals surface area contributed by atoms with Crippen LogP contribution in [0.15, 0.2) is 24.4 Å². The van der Waals surface area contributed by atoms with Crippen molar-refractivity contribution in [2.45, 2.75) is 31.5 Å². The number of carbonyl (C=O) groups is 1. The standard InChI is InChI=1S/C16H22FN3O3/c1-2-15(22)19-12-9-20(13(10-21)16(12)23)7-3-4-11-5-6-14(17)18-8-11/h3-6,8,12-13,16,21,23H,2,7,9-10H2,1H3,(H,19,22)/b4-3+/t12-,13-,16+/m0/s1. The van der Waals surface area contributed by atoms with Crippen molar-refractivity contribution in [3.63, 3.8) is 0 Å². The second kappa shape index (κ2) is 8.14. The Morgan fingerprint density at radius 1 is 1.57 bits per heavy atom. The molecule has 7 heteroatoms. The van der Waals surface area contributed by atoms with Crippen LogP contribution in [-0.4, -0.2) is 63.9 Å². The van der Waals surface area contributed by atoms with E-state index in [1.54, 1.807) is 19.1 Å². The van der Waals surface area contributed by atoms with E-state index in [-0.39, 0.29) is 18.6 Å². The fraction of sp³-hybridized carbons (Fsp3) is 0.500. The highest BCUT2D eigenvalue weighted by Crippen LogP contribution is 2.18. The summed E-state index contributed by atoms with van der Waals surface area (Å²) in [5.74, 6) is -0.653. The van der Waals surface area contributed by atoms with Gasteiger partial charge in [-0.05, 0) is 17.7 Å². The summed E-state index contributed by atoms with van der Waals surface area (Å²) in [7, 11) is 0. The number of aliphatic hydroxyl groups excluding tert-OH is 2. The fourth-order valence-electron chi connectivity index (χ4n) is 2.66. The van der Waals surface area contributed by atoms with Crippen molar-refractivity contribution in [3.05, 3.63) is 35.9 Å². The molecule has 0 spiro atoms. The predicted octanol–water partition coefficient (Wildman–Crippen LogP) is 0.166. The third kappa shape index (κ3) is 4.57. The van der Waals surface area contributed by atoms with Crippen LogP contribution in [0.25, 0.3) is 6.08 Å². The number of likely N-dealkylation sites (tertiary alicyclic amines) is 1. The van der Waals surface area contributed by atoms with Gasteiger partial charge < -0.3 is 15.5 Å². The molecule has 2 heterocycles. The minimum absolute atomic E-state index is 0.125. The smallest absolute Gasteiger partial charge is 0.220 e. The van der Waals surface area contributed by atoms with Gasteiger partial charge in [0, 0.05) is 25.7 Å². The monoisotopic (exact) mass is 323 g/mol. The van der Waals surface area contributed by atoms with Crippen molar-refractivity contribution >= 4 is 12.0 Å². The summed E-state index contributed by atoms with van der Waals surface area (Å²) in [6.45, 7) is 2.52. The molecule has 1 aliphatic rings. The Balaban J connectivity index is 1.95. The molecule has 1 saturated heterocycles. The number of hydrogen-bond acceptors (Lipinski definition) is 5. The number of nitrogens with one attached hydrogen (secondary N) is 1. The quantitative estimate of drug-likeness (QED) is 0.650. The molecule has 3 N–H and O–H groups in total. The molecule has 3 atom stereocenters. The number of aromatic nitrogens is 1. The minimum Gasteiger partial charge on any atom is -0.395 e. The van der Waals surface area contributed by atoms with Gasteiger partial charge in [-0.15, -0.1) is 0 Å². The number of halogens is 1. The average Bonchev–Trinajstić information content (AvgIpc) is 2.84. The number of rotatable bonds is 6. The molecule has 126 valence electrons. The predicted molar refractivity (Wildman–Crippen MR) is 83.9 cm³/mol. The average molecular weight is 323 g/mol. The molecule has 1 amide bonds. The maximum Gasteiger partial charge on any atom is 0.220 e. The molecular weight excluding hydrogens is 301 g/mol. The lowest BCUT2D eigenvalue weighted by atomic mass is 10.1. The first-order valence-corrected chi connectivity index (χ1v) is 7.65. The summed E-state index contributed by atoms with van der Waals surface area (Å²) in [6, 6.07) is 2.09. The van der Waals surface area contributed by atoms with Crippen molar-refractivity contribution < 1.29 is 19.4 Å². The molecule has 1 aromatic heterocycles. The molecule has 23 heavy (non-hydrogen) atoms. The summed E-state index contributed by atoms with van der Waals surface area (Å²) < 4.78 is 12.7. The van der Waals surface area contributed by atoms with E-state index in [9.17, 15) is 19.4 Å². The number of nitrogens with zero attached hydrogens (tertiary/aromatic N) is 2. The van der Waals surface area contributed by atoms with Crippen molar-refractivity contribution in [1.82, 2.24) is 15.2 Å². The molecule has 0 saturated carbocycles. The van der Waals surface area contributed by atoms with Gasteiger partial charge in [-0.3, -0.25) is 9.69 Å². The molecule has 0 aliphatic carbocycles. The summed E-state index contributed by atoms with van der Waals surface area (Å²) in [5.41, 5.74) is 0.766.